The highest BCUT2D eigenvalue weighted by molar-refractivity contribution is 5.84. The first-order valence-electron chi connectivity index (χ1n) is 10.9. The number of pyridine rings is 1. The van der Waals surface area contributed by atoms with E-state index in [9.17, 15) is 4.79 Å². The monoisotopic (exact) mass is 436 g/mol. The summed E-state index contributed by atoms with van der Waals surface area (Å²) in [4.78, 5) is 20.5. The van der Waals surface area contributed by atoms with Crippen LogP contribution in [0.25, 0.3) is 28.5 Å². The van der Waals surface area contributed by atoms with Gasteiger partial charge in [0.1, 0.15) is 25.0 Å². The Balaban J connectivity index is 1.41. The molecule has 1 aliphatic rings. The van der Waals surface area contributed by atoms with Gasteiger partial charge in [0.2, 0.25) is 0 Å². The summed E-state index contributed by atoms with van der Waals surface area (Å²) in [6.07, 6.45) is 7.89. The Hall–Kier alpha value is -4.10. The summed E-state index contributed by atoms with van der Waals surface area (Å²) in [5.41, 5.74) is 6.93. The minimum absolute atomic E-state index is 0.389. The Morgan fingerprint density at radius 3 is 2.67 bits per heavy atom. The molecule has 1 unspecified atom stereocenters. The second-order valence-electron chi connectivity index (χ2n) is 7.87. The van der Waals surface area contributed by atoms with Gasteiger partial charge < -0.3 is 15.4 Å². The van der Waals surface area contributed by atoms with E-state index in [0.29, 0.717) is 0 Å². The van der Waals surface area contributed by atoms with E-state index >= 15 is 0 Å². The highest BCUT2D eigenvalue weighted by Crippen LogP contribution is 2.35. The molecule has 3 heterocycles. The van der Waals surface area contributed by atoms with E-state index in [1.165, 1.54) is 5.56 Å². The molecule has 0 spiro atoms. The molecule has 0 saturated heterocycles. The first-order chi connectivity index (χ1) is 16.3. The lowest BCUT2D eigenvalue weighted by atomic mass is 9.93. The van der Waals surface area contributed by atoms with Crippen LogP contribution in [0.3, 0.4) is 0 Å². The average molecular weight is 437 g/mol. The number of carbonyl (C=O) groups excluding carboxylic acids is 1. The van der Waals surface area contributed by atoms with E-state index < -0.39 is 0 Å². The quantitative estimate of drug-likeness (QED) is 0.324. The summed E-state index contributed by atoms with van der Waals surface area (Å²) in [5, 5.41) is 10.6. The molecule has 2 N–H and O–H groups in total. The molecule has 2 aromatic carbocycles. The zero-order valence-electron chi connectivity index (χ0n) is 18.1. The van der Waals surface area contributed by atoms with Crippen LogP contribution in [0.1, 0.15) is 22.9 Å². The molecule has 7 nitrogen and oxygen atoms in total. The Kier molecular flexibility index (Phi) is 6.04. The third-order valence-electron chi connectivity index (χ3n) is 5.70. The maximum absolute atomic E-state index is 11.6. The lowest BCUT2D eigenvalue weighted by molar-refractivity contribution is -0.109. The first kappa shape index (κ1) is 20.8. The summed E-state index contributed by atoms with van der Waals surface area (Å²) in [7, 11) is 0. The Morgan fingerprint density at radius 1 is 1.06 bits per heavy atom. The number of rotatable bonds is 8. The molecule has 0 saturated carbocycles. The normalized spacial score (nSPS) is 14.5. The van der Waals surface area contributed by atoms with Gasteiger partial charge in [-0.15, -0.1) is 0 Å². The van der Waals surface area contributed by atoms with Gasteiger partial charge in [0, 0.05) is 29.8 Å². The van der Waals surface area contributed by atoms with Gasteiger partial charge in [-0.1, -0.05) is 54.6 Å². The van der Waals surface area contributed by atoms with Gasteiger partial charge in [-0.2, -0.15) is 5.10 Å². The zero-order chi connectivity index (χ0) is 22.5. The van der Waals surface area contributed by atoms with Crippen LogP contribution >= 0.6 is 0 Å². The first-order valence-corrected chi connectivity index (χ1v) is 10.9. The lowest BCUT2D eigenvalue weighted by Crippen LogP contribution is -2.21. The summed E-state index contributed by atoms with van der Waals surface area (Å²) in [5.74, 6) is 0. The second-order valence-corrected chi connectivity index (χ2v) is 7.87. The van der Waals surface area contributed by atoms with Crippen molar-refractivity contribution in [2.24, 2.45) is 0 Å². The molecule has 1 aliphatic heterocycles. The second kappa shape index (κ2) is 9.58. The van der Waals surface area contributed by atoms with Gasteiger partial charge in [0.05, 0.1) is 17.9 Å². The van der Waals surface area contributed by atoms with E-state index in [-0.39, 0.29) is 6.04 Å². The van der Waals surface area contributed by atoms with Crippen molar-refractivity contribution in [1.82, 2.24) is 30.4 Å². The van der Waals surface area contributed by atoms with Crippen LogP contribution in [-0.2, 0) is 17.9 Å². The smallest absolute Gasteiger partial charge is 0.146 e. The van der Waals surface area contributed by atoms with E-state index in [1.807, 2.05) is 29.0 Å². The van der Waals surface area contributed by atoms with Crippen LogP contribution in [0.15, 0.2) is 79.5 Å². The van der Waals surface area contributed by atoms with Gasteiger partial charge >= 0.3 is 0 Å². The third kappa shape index (κ3) is 4.58. The van der Waals surface area contributed by atoms with Crippen molar-refractivity contribution >= 4 is 12.4 Å². The fraction of sp³-hybridized carbons (Fsp3) is 0.154. The van der Waals surface area contributed by atoms with Crippen LogP contribution in [0, 0.1) is 0 Å². The fourth-order valence-electron chi connectivity index (χ4n) is 3.97. The minimum atomic E-state index is -0.389. The maximum Gasteiger partial charge on any atom is 0.146 e. The van der Waals surface area contributed by atoms with Crippen LogP contribution in [0.2, 0.25) is 0 Å². The molecule has 5 rings (SSSR count). The fourth-order valence-corrected chi connectivity index (χ4v) is 3.97. The van der Waals surface area contributed by atoms with Gasteiger partial charge in [-0.25, -0.2) is 9.97 Å². The number of aldehydes is 1. The molecule has 0 radical (unpaired) electrons. The molecule has 1 atom stereocenters. The Labute approximate surface area is 192 Å². The molecule has 7 heteroatoms. The molecule has 0 fully saturated rings. The number of carbonyl (C=O) groups is 1. The predicted octanol–water partition coefficient (Wildman–Crippen LogP) is 3.61. The average Bonchev–Trinajstić information content (AvgIpc) is 3.40. The standard InChI is InChI=1S/C26H24N6O/c33-16-25-23-14-22(20-4-2-1-3-5-20)26(31-24(23)10-11-29-25)21-8-6-19(7-9-21)15-27-12-13-32-18-28-17-30-32/h1-11,14,16-18,25,27,29H,12-13,15H2. The number of aromatic nitrogens is 4. The molecule has 0 amide bonds. The number of fused-ring (bicyclic) bond motifs is 1. The molecular weight excluding hydrogens is 412 g/mol. The zero-order valence-corrected chi connectivity index (χ0v) is 18.1. The summed E-state index contributed by atoms with van der Waals surface area (Å²) in [6.45, 7) is 2.36. The van der Waals surface area contributed by atoms with Gasteiger partial charge in [0.25, 0.3) is 0 Å². The number of nitrogens with zero attached hydrogens (tertiary/aromatic N) is 4. The highest BCUT2D eigenvalue weighted by Gasteiger charge is 2.21. The molecular formula is C26H24N6O. The van der Waals surface area contributed by atoms with Gasteiger partial charge in [-0.3, -0.25) is 4.68 Å². The minimum Gasteiger partial charge on any atom is -0.378 e. The molecule has 33 heavy (non-hydrogen) atoms. The SMILES string of the molecule is O=CC1NC=Cc2nc(-c3ccc(CNCCn4cncn4)cc3)c(-c3ccccc3)cc21. The molecule has 0 aliphatic carbocycles. The number of benzene rings is 2. The molecule has 4 aromatic rings. The number of hydrogen-bond donors (Lipinski definition) is 2. The largest absolute Gasteiger partial charge is 0.378 e. The van der Waals surface area contributed by atoms with E-state index in [4.69, 9.17) is 4.98 Å². The van der Waals surface area contributed by atoms with Crippen molar-refractivity contribution in [2.75, 3.05) is 6.54 Å². The number of nitrogens with one attached hydrogen (secondary N) is 2. The maximum atomic E-state index is 11.6. The summed E-state index contributed by atoms with van der Waals surface area (Å²) in [6, 6.07) is 20.3. The van der Waals surface area contributed by atoms with Crippen LogP contribution in [0.5, 0.6) is 0 Å². The highest BCUT2D eigenvalue weighted by atomic mass is 16.1. The molecule has 0 bridgehead atoms. The van der Waals surface area contributed by atoms with Crippen molar-refractivity contribution in [3.8, 4) is 22.4 Å². The molecule has 2 aromatic heterocycles. The topological polar surface area (TPSA) is 84.7 Å². The van der Waals surface area contributed by atoms with Crippen molar-refractivity contribution in [3.05, 3.63) is 96.3 Å². The van der Waals surface area contributed by atoms with E-state index in [2.05, 4.69) is 63.2 Å². The summed E-state index contributed by atoms with van der Waals surface area (Å²) >= 11 is 0. The van der Waals surface area contributed by atoms with Crippen LogP contribution in [-0.4, -0.2) is 32.6 Å². The number of hydrogen-bond acceptors (Lipinski definition) is 6. The van der Waals surface area contributed by atoms with Crippen LogP contribution in [0.4, 0.5) is 0 Å². The van der Waals surface area contributed by atoms with Gasteiger partial charge in [0.15, 0.2) is 0 Å². The van der Waals surface area contributed by atoms with E-state index in [0.717, 1.165) is 59.6 Å². The van der Waals surface area contributed by atoms with Crippen LogP contribution < -0.4 is 10.6 Å². The van der Waals surface area contributed by atoms with Crippen molar-refractivity contribution in [2.45, 2.75) is 19.1 Å². The van der Waals surface area contributed by atoms with Crippen molar-refractivity contribution < 1.29 is 4.79 Å². The third-order valence-corrected chi connectivity index (χ3v) is 5.70. The predicted molar refractivity (Wildman–Crippen MR) is 128 cm³/mol. The molecule has 164 valence electrons. The van der Waals surface area contributed by atoms with Crippen molar-refractivity contribution in [3.63, 3.8) is 0 Å². The Morgan fingerprint density at radius 2 is 1.91 bits per heavy atom. The van der Waals surface area contributed by atoms with E-state index in [1.54, 1.807) is 18.9 Å². The van der Waals surface area contributed by atoms with Crippen molar-refractivity contribution in [1.29, 1.82) is 0 Å². The summed E-state index contributed by atoms with van der Waals surface area (Å²) < 4.78 is 1.81. The Bertz CT molecular complexity index is 1250. The van der Waals surface area contributed by atoms with Gasteiger partial charge in [-0.05, 0) is 29.5 Å². The lowest BCUT2D eigenvalue weighted by Gasteiger charge is -2.21.